The van der Waals surface area contributed by atoms with Crippen molar-refractivity contribution in [2.24, 2.45) is 0 Å². The summed E-state index contributed by atoms with van der Waals surface area (Å²) < 4.78 is 11.4. The van der Waals surface area contributed by atoms with Gasteiger partial charge in [-0.05, 0) is 102 Å². The molecule has 0 bridgehead atoms. The number of aliphatic hydroxyl groups is 1. The van der Waals surface area contributed by atoms with E-state index in [9.17, 15) is 5.11 Å². The second-order valence-electron chi connectivity index (χ2n) is 12.1. The lowest BCUT2D eigenvalue weighted by Crippen LogP contribution is -2.36. The maximum atomic E-state index is 9.30. The molecule has 0 heterocycles. The van der Waals surface area contributed by atoms with Gasteiger partial charge in [-0.15, -0.1) is 0 Å². The van der Waals surface area contributed by atoms with Crippen LogP contribution in [0.2, 0.25) is 19.1 Å². The number of fused-ring (bicyclic) bond motifs is 3. The molecule has 45 heavy (non-hydrogen) atoms. The molecule has 6 heteroatoms. The summed E-state index contributed by atoms with van der Waals surface area (Å²) in [6, 6.07) is 34.5. The Kier molecular flexibility index (Phi) is 9.99. The third-order valence-electron chi connectivity index (χ3n) is 9.92. The minimum Gasteiger partial charge on any atom is -0.516 e. The normalized spacial score (nSPS) is 13.7. The summed E-state index contributed by atoms with van der Waals surface area (Å²) in [7, 11) is 0.331. The van der Waals surface area contributed by atoms with Crippen molar-refractivity contribution in [1.29, 1.82) is 0 Å². The van der Waals surface area contributed by atoms with Gasteiger partial charge in [-0.1, -0.05) is 92.5 Å². The predicted octanol–water partition coefficient (Wildman–Crippen LogP) is 10.4. The van der Waals surface area contributed by atoms with E-state index in [1.165, 1.54) is 27.8 Å². The van der Waals surface area contributed by atoms with Crippen LogP contribution in [-0.2, 0) is 20.7 Å². The lowest BCUT2D eigenvalue weighted by molar-refractivity contribution is 0.249. The summed E-state index contributed by atoms with van der Waals surface area (Å²) >= 11 is 0. The van der Waals surface area contributed by atoms with Gasteiger partial charge in [0, 0.05) is 36.7 Å². The summed E-state index contributed by atoms with van der Waals surface area (Å²) in [4.78, 5) is 2.37. The Hall–Kier alpha value is -3.69. The number of rotatable bonds is 13. The Bertz CT molecular complexity index is 1650. The van der Waals surface area contributed by atoms with Crippen molar-refractivity contribution >= 4 is 39.6 Å². The Balaban J connectivity index is 1.57. The van der Waals surface area contributed by atoms with Crippen LogP contribution in [0.5, 0.6) is 0 Å². The number of nitrogens with zero attached hydrogens (tertiary/aromatic N) is 1. The fourth-order valence-corrected chi connectivity index (χ4v) is 9.13. The molecule has 233 valence electrons. The highest BCUT2D eigenvalue weighted by Gasteiger charge is 2.40. The molecular formula is C39H46NO3Si2. The van der Waals surface area contributed by atoms with Crippen LogP contribution < -0.4 is 4.90 Å². The Morgan fingerprint density at radius 1 is 0.844 bits per heavy atom. The molecule has 0 saturated carbocycles. The molecule has 0 fully saturated rings. The van der Waals surface area contributed by atoms with Crippen LogP contribution in [-0.4, -0.2) is 36.7 Å². The highest BCUT2D eigenvalue weighted by molar-refractivity contribution is 6.81. The zero-order chi connectivity index (χ0) is 32.2. The Morgan fingerprint density at radius 3 is 2.02 bits per heavy atom. The van der Waals surface area contributed by atoms with Gasteiger partial charge in [-0.25, -0.2) is 0 Å². The number of hydrogen-bond acceptors (Lipinski definition) is 4. The number of aryl methyl sites for hydroxylation is 1. The van der Waals surface area contributed by atoms with Crippen LogP contribution in [0, 0.1) is 0 Å². The first-order chi connectivity index (χ1) is 21.7. The average Bonchev–Trinajstić information content (AvgIpc) is 3.37. The molecule has 1 radical (unpaired) electrons. The smallest absolute Gasteiger partial charge is 0.334 e. The van der Waals surface area contributed by atoms with Gasteiger partial charge < -0.3 is 18.9 Å². The van der Waals surface area contributed by atoms with E-state index in [2.05, 4.69) is 129 Å². The molecule has 0 aliphatic heterocycles. The molecule has 0 spiro atoms. The van der Waals surface area contributed by atoms with Gasteiger partial charge in [-0.2, -0.15) is 0 Å². The van der Waals surface area contributed by atoms with Crippen LogP contribution in [0.25, 0.3) is 16.3 Å². The average molecular weight is 633 g/mol. The second kappa shape index (κ2) is 13.8. The summed E-state index contributed by atoms with van der Waals surface area (Å²) in [5, 5.41) is 10.4. The van der Waals surface area contributed by atoms with E-state index in [1.54, 1.807) is 14.2 Å². The molecule has 0 unspecified atom stereocenters. The third kappa shape index (κ3) is 6.25. The van der Waals surface area contributed by atoms with Gasteiger partial charge in [0.2, 0.25) is 0 Å². The molecule has 0 saturated heterocycles. The largest absolute Gasteiger partial charge is 0.516 e. The van der Waals surface area contributed by atoms with Crippen molar-refractivity contribution in [2.75, 3.05) is 19.1 Å². The first kappa shape index (κ1) is 32.7. The first-order valence-corrected chi connectivity index (χ1v) is 20.5. The van der Waals surface area contributed by atoms with Gasteiger partial charge >= 0.3 is 8.56 Å². The maximum Gasteiger partial charge on any atom is 0.334 e. The lowest BCUT2D eigenvalue weighted by atomic mass is 9.74. The second-order valence-corrected chi connectivity index (χ2v) is 18.0. The van der Waals surface area contributed by atoms with Gasteiger partial charge in [0.25, 0.3) is 0 Å². The van der Waals surface area contributed by atoms with E-state index in [0.717, 1.165) is 59.4 Å². The number of benzene rings is 4. The highest BCUT2D eigenvalue weighted by atomic mass is 28.4. The van der Waals surface area contributed by atoms with Crippen LogP contribution in [0.1, 0.15) is 48.9 Å². The maximum absolute atomic E-state index is 9.30. The number of hydrogen-bond donors (Lipinski definition) is 1. The topological polar surface area (TPSA) is 41.9 Å². The van der Waals surface area contributed by atoms with Crippen molar-refractivity contribution in [3.8, 4) is 11.1 Å². The first-order valence-electron chi connectivity index (χ1n) is 15.9. The molecule has 4 aromatic rings. The molecular weight excluding hydrogens is 587 g/mol. The fraction of sp³-hybridized carbons (Fsp3) is 0.282. The molecule has 1 aliphatic carbocycles. The van der Waals surface area contributed by atoms with Crippen LogP contribution in [0.3, 0.4) is 0 Å². The number of anilines is 3. The van der Waals surface area contributed by atoms with Crippen molar-refractivity contribution < 1.29 is 14.0 Å². The Labute approximate surface area is 272 Å². The van der Waals surface area contributed by atoms with E-state index in [1.807, 2.05) is 5.70 Å². The monoisotopic (exact) mass is 632 g/mol. The molecule has 0 aromatic heterocycles. The van der Waals surface area contributed by atoms with E-state index < -0.39 is 17.4 Å². The quantitative estimate of drug-likeness (QED) is 0.118. The highest BCUT2D eigenvalue weighted by Crippen LogP contribution is 2.54. The molecule has 4 nitrogen and oxygen atoms in total. The summed E-state index contributed by atoms with van der Waals surface area (Å²) in [5.41, 5.74) is 13.1. The molecule has 0 amide bonds. The summed E-state index contributed by atoms with van der Waals surface area (Å²) in [6.07, 6.45) is 4.16. The third-order valence-corrected chi connectivity index (χ3v) is 14.7. The SMILES string of the molecule is C=C(c1ccc(N(c2ccc(CC[Si](C)(OC)OC)cc2)c2ccc3c(c2)C(CC)(CC)c2ccccc2-3)cc1)[Si](C)/C=C/O. The van der Waals surface area contributed by atoms with Crippen LogP contribution in [0.4, 0.5) is 17.1 Å². The van der Waals surface area contributed by atoms with Crippen molar-refractivity contribution in [3.63, 3.8) is 0 Å². The molecule has 1 N–H and O–H groups in total. The van der Waals surface area contributed by atoms with Gasteiger partial charge in [0.05, 0.1) is 6.26 Å². The van der Waals surface area contributed by atoms with E-state index in [-0.39, 0.29) is 5.41 Å². The van der Waals surface area contributed by atoms with Crippen molar-refractivity contribution in [2.45, 2.75) is 57.7 Å². The van der Waals surface area contributed by atoms with Crippen molar-refractivity contribution in [3.05, 3.63) is 132 Å². The number of aliphatic hydroxyl groups excluding tert-OH is 1. The molecule has 5 rings (SSSR count). The molecule has 0 atom stereocenters. The van der Waals surface area contributed by atoms with Crippen LogP contribution >= 0.6 is 0 Å². The minimum atomic E-state index is -2.14. The van der Waals surface area contributed by atoms with Crippen molar-refractivity contribution in [1.82, 2.24) is 0 Å². The Morgan fingerprint density at radius 2 is 1.42 bits per heavy atom. The van der Waals surface area contributed by atoms with Gasteiger partial charge in [0.15, 0.2) is 0 Å². The fourth-order valence-electron chi connectivity index (χ4n) is 6.76. The van der Waals surface area contributed by atoms with Gasteiger partial charge in [-0.3, -0.25) is 0 Å². The van der Waals surface area contributed by atoms with Gasteiger partial charge in [0.1, 0.15) is 8.80 Å². The molecule has 4 aromatic carbocycles. The summed E-state index contributed by atoms with van der Waals surface area (Å²) in [6.45, 7) is 13.2. The zero-order valence-electron chi connectivity index (χ0n) is 27.6. The van der Waals surface area contributed by atoms with E-state index in [0.29, 0.717) is 0 Å². The predicted molar refractivity (Wildman–Crippen MR) is 194 cm³/mol. The van der Waals surface area contributed by atoms with E-state index >= 15 is 0 Å². The van der Waals surface area contributed by atoms with Crippen LogP contribution in [0.15, 0.2) is 110 Å². The standard InChI is InChI=1S/C39H46NO3Si2/c1-8-39(9-2)37-13-11-10-12-35(37)36-23-22-34(28-38(36)39)40(33-20-16-31(17-21-33)29(3)44(6)26-25-41)32-18-14-30(15-19-32)24-27-45(7,42-4)43-5/h10-23,25-26,28,41H,3,8-9,24,27H2,1-2,4-7H3/b26-25+. The minimum absolute atomic E-state index is 0.00193. The van der Waals surface area contributed by atoms with E-state index in [4.69, 9.17) is 8.85 Å². The lowest BCUT2D eigenvalue weighted by Gasteiger charge is -2.32. The zero-order valence-corrected chi connectivity index (χ0v) is 29.6. The molecule has 1 aliphatic rings. The summed E-state index contributed by atoms with van der Waals surface area (Å²) in [5.74, 6) is 0.